The molecule has 49 heavy (non-hydrogen) atoms. The molecule has 2 atom stereocenters. The molecule has 0 unspecified atom stereocenters. The lowest BCUT2D eigenvalue weighted by Crippen LogP contribution is -2.48. The maximum absolute atomic E-state index is 14.1. The van der Waals surface area contributed by atoms with E-state index in [-0.39, 0.29) is 49.3 Å². The molecule has 0 spiro atoms. The van der Waals surface area contributed by atoms with E-state index >= 15 is 0 Å². The molecule has 264 valence electrons. The van der Waals surface area contributed by atoms with E-state index in [4.69, 9.17) is 0 Å². The second kappa shape index (κ2) is 20.6. The summed E-state index contributed by atoms with van der Waals surface area (Å²) in [5, 5.41) is 17.5. The summed E-state index contributed by atoms with van der Waals surface area (Å²) in [4.78, 5) is 33.4. The lowest BCUT2D eigenvalue weighted by molar-refractivity contribution is 0.0755. The SMILES string of the molecule is CCCN(CCC)C(=O)c1cc(C(=O)N[C@@H](Cc2cc(F)cc(F)c2)[C@H](O)CNCc2cccc(CC)c2)cc(-c2ccncc2)c1.Cl.Cl. The van der Waals surface area contributed by atoms with Crippen molar-refractivity contribution in [1.29, 1.82) is 0 Å². The first-order valence-electron chi connectivity index (χ1n) is 16.3. The van der Waals surface area contributed by atoms with Crippen LogP contribution in [0.1, 0.15) is 71.0 Å². The highest BCUT2D eigenvalue weighted by molar-refractivity contribution is 6.01. The number of benzene rings is 3. The van der Waals surface area contributed by atoms with Gasteiger partial charge in [-0.25, -0.2) is 8.78 Å². The number of amides is 2. The Morgan fingerprint density at radius 1 is 0.796 bits per heavy atom. The van der Waals surface area contributed by atoms with Gasteiger partial charge in [-0.3, -0.25) is 14.6 Å². The summed E-state index contributed by atoms with van der Waals surface area (Å²) >= 11 is 0. The number of aliphatic hydroxyl groups excluding tert-OH is 1. The molecule has 0 bridgehead atoms. The summed E-state index contributed by atoms with van der Waals surface area (Å²) < 4.78 is 28.2. The van der Waals surface area contributed by atoms with Crippen molar-refractivity contribution >= 4 is 36.6 Å². The molecule has 7 nitrogen and oxygen atoms in total. The van der Waals surface area contributed by atoms with Crippen LogP contribution in [0.2, 0.25) is 0 Å². The number of nitrogens with one attached hydrogen (secondary N) is 2. The van der Waals surface area contributed by atoms with Crippen molar-refractivity contribution in [2.75, 3.05) is 19.6 Å². The van der Waals surface area contributed by atoms with E-state index in [1.54, 1.807) is 47.6 Å². The van der Waals surface area contributed by atoms with E-state index in [1.165, 1.54) is 17.7 Å². The lowest BCUT2D eigenvalue weighted by atomic mass is 9.97. The standard InChI is InChI=1S/C38H44F2N4O3.2ClH/c1-4-14-44(15-5-2)38(47)32-21-30(29-10-12-41-13-11-29)20-31(22-32)37(46)43-35(19-28-17-33(39)23-34(40)18-28)36(45)25-42-24-27-9-7-8-26(6-3)16-27;;/h7-13,16-18,20-23,35-36,42,45H,4-6,14-15,19,24-25H2,1-3H3,(H,43,46);2*1H/t35-,36+;;/m0../s1. The van der Waals surface area contributed by atoms with Crippen molar-refractivity contribution < 1.29 is 23.5 Å². The van der Waals surface area contributed by atoms with Crippen molar-refractivity contribution in [3.63, 3.8) is 0 Å². The number of aromatic nitrogens is 1. The number of nitrogens with zero attached hydrogens (tertiary/aromatic N) is 2. The van der Waals surface area contributed by atoms with E-state index in [0.29, 0.717) is 36.3 Å². The number of aliphatic hydroxyl groups is 1. The van der Waals surface area contributed by atoms with Crippen molar-refractivity contribution in [3.05, 3.63) is 125 Å². The van der Waals surface area contributed by atoms with Crippen LogP contribution in [-0.4, -0.2) is 58.6 Å². The Balaban J connectivity index is 0.00000417. The van der Waals surface area contributed by atoms with Crippen molar-refractivity contribution in [3.8, 4) is 11.1 Å². The molecule has 0 radical (unpaired) electrons. The second-order valence-electron chi connectivity index (χ2n) is 11.8. The van der Waals surface area contributed by atoms with Gasteiger partial charge in [0.1, 0.15) is 11.6 Å². The number of rotatable bonds is 16. The maximum Gasteiger partial charge on any atom is 0.253 e. The minimum atomic E-state index is -1.10. The third-order valence-corrected chi connectivity index (χ3v) is 7.97. The molecule has 2 amide bonds. The molecular weight excluding hydrogens is 669 g/mol. The van der Waals surface area contributed by atoms with Crippen LogP contribution in [0.4, 0.5) is 8.78 Å². The maximum atomic E-state index is 14.1. The molecule has 0 saturated carbocycles. The van der Waals surface area contributed by atoms with E-state index in [9.17, 15) is 23.5 Å². The fourth-order valence-electron chi connectivity index (χ4n) is 5.61. The first-order valence-corrected chi connectivity index (χ1v) is 16.3. The van der Waals surface area contributed by atoms with Crippen molar-refractivity contribution in [2.45, 2.75) is 65.1 Å². The summed E-state index contributed by atoms with van der Waals surface area (Å²) in [7, 11) is 0. The molecule has 3 aromatic carbocycles. The van der Waals surface area contributed by atoms with Gasteiger partial charge in [0.15, 0.2) is 0 Å². The zero-order valence-corrected chi connectivity index (χ0v) is 29.8. The summed E-state index contributed by atoms with van der Waals surface area (Å²) in [5.41, 5.74) is 4.58. The average Bonchev–Trinajstić information content (AvgIpc) is 3.07. The lowest BCUT2D eigenvalue weighted by Gasteiger charge is -2.26. The molecule has 1 aromatic heterocycles. The van der Waals surface area contributed by atoms with Gasteiger partial charge in [-0.05, 0) is 96.0 Å². The molecule has 11 heteroatoms. The molecular formula is C38H46Cl2F2N4O3. The fraction of sp³-hybridized carbons (Fsp3) is 0.342. The van der Waals surface area contributed by atoms with E-state index < -0.39 is 29.7 Å². The Hall–Kier alpha value is -3.89. The Kier molecular flexibility index (Phi) is 17.3. The summed E-state index contributed by atoms with van der Waals surface area (Å²) in [6.07, 6.45) is 4.64. The average molecular weight is 716 g/mol. The van der Waals surface area contributed by atoms with Crippen LogP contribution in [-0.2, 0) is 19.4 Å². The predicted molar refractivity (Wildman–Crippen MR) is 196 cm³/mol. The van der Waals surface area contributed by atoms with Gasteiger partial charge in [0.05, 0.1) is 12.1 Å². The number of aryl methyl sites for hydroxylation is 1. The largest absolute Gasteiger partial charge is 0.390 e. The monoisotopic (exact) mass is 714 g/mol. The number of halogens is 4. The highest BCUT2D eigenvalue weighted by Crippen LogP contribution is 2.24. The molecule has 1 heterocycles. The second-order valence-corrected chi connectivity index (χ2v) is 11.8. The van der Waals surface area contributed by atoms with E-state index in [0.717, 1.165) is 36.5 Å². The van der Waals surface area contributed by atoms with Gasteiger partial charge in [0.25, 0.3) is 11.8 Å². The quantitative estimate of drug-likeness (QED) is 0.114. The minimum absolute atomic E-state index is 0. The van der Waals surface area contributed by atoms with Crippen LogP contribution >= 0.6 is 24.8 Å². The Morgan fingerprint density at radius 2 is 1.43 bits per heavy atom. The summed E-state index contributed by atoms with van der Waals surface area (Å²) in [5.74, 6) is -2.19. The van der Waals surface area contributed by atoms with Gasteiger partial charge in [0, 0.05) is 55.8 Å². The molecule has 0 fully saturated rings. The van der Waals surface area contributed by atoms with E-state index in [2.05, 4.69) is 34.7 Å². The van der Waals surface area contributed by atoms with Crippen LogP contribution in [0.5, 0.6) is 0 Å². The number of pyridine rings is 1. The van der Waals surface area contributed by atoms with Crippen LogP contribution in [0.3, 0.4) is 0 Å². The van der Waals surface area contributed by atoms with Gasteiger partial charge in [0.2, 0.25) is 0 Å². The van der Waals surface area contributed by atoms with Crippen LogP contribution in [0.25, 0.3) is 11.1 Å². The molecule has 3 N–H and O–H groups in total. The molecule has 0 aliphatic rings. The number of carbonyl (C=O) groups excluding carboxylic acids is 2. The highest BCUT2D eigenvalue weighted by atomic mass is 35.5. The van der Waals surface area contributed by atoms with Gasteiger partial charge < -0.3 is 20.6 Å². The Bertz CT molecular complexity index is 1620. The molecule has 4 aromatic rings. The number of carbonyl (C=O) groups is 2. The number of hydrogen-bond donors (Lipinski definition) is 3. The third-order valence-electron chi connectivity index (χ3n) is 7.97. The third kappa shape index (κ3) is 12.2. The smallest absolute Gasteiger partial charge is 0.253 e. The van der Waals surface area contributed by atoms with E-state index in [1.807, 2.05) is 26.0 Å². The van der Waals surface area contributed by atoms with Gasteiger partial charge in [-0.1, -0.05) is 45.0 Å². The zero-order valence-electron chi connectivity index (χ0n) is 28.1. The van der Waals surface area contributed by atoms with Crippen LogP contribution in [0.15, 0.2) is 85.2 Å². The first kappa shape index (κ1) is 41.3. The number of hydrogen-bond acceptors (Lipinski definition) is 5. The van der Waals surface area contributed by atoms with Crippen molar-refractivity contribution in [2.24, 2.45) is 0 Å². The van der Waals surface area contributed by atoms with Gasteiger partial charge in [-0.2, -0.15) is 0 Å². The Morgan fingerprint density at radius 3 is 2.06 bits per heavy atom. The molecule has 4 rings (SSSR count). The molecule has 0 aliphatic carbocycles. The van der Waals surface area contributed by atoms with Crippen molar-refractivity contribution in [1.82, 2.24) is 20.5 Å². The van der Waals surface area contributed by atoms with Gasteiger partial charge >= 0.3 is 0 Å². The molecule has 0 saturated heterocycles. The topological polar surface area (TPSA) is 94.6 Å². The minimum Gasteiger partial charge on any atom is -0.390 e. The summed E-state index contributed by atoms with van der Waals surface area (Å²) in [6, 6.07) is 19.0. The zero-order chi connectivity index (χ0) is 33.8. The fourth-order valence-corrected chi connectivity index (χ4v) is 5.61. The van der Waals surface area contributed by atoms with Crippen LogP contribution < -0.4 is 10.6 Å². The predicted octanol–water partition coefficient (Wildman–Crippen LogP) is 7.19. The first-order chi connectivity index (χ1) is 22.7. The summed E-state index contributed by atoms with van der Waals surface area (Å²) in [6.45, 7) is 7.87. The van der Waals surface area contributed by atoms with Gasteiger partial charge in [-0.15, -0.1) is 24.8 Å². The normalized spacial score (nSPS) is 11.9. The Labute approximate surface area is 300 Å². The van der Waals surface area contributed by atoms with Crippen LogP contribution in [0, 0.1) is 11.6 Å². The highest BCUT2D eigenvalue weighted by Gasteiger charge is 2.25. The molecule has 0 aliphatic heterocycles.